The number of nitrogen functional groups attached to an aromatic ring is 2. The molecule has 1 unspecified atom stereocenters. The molecule has 41 heavy (non-hydrogen) atoms. The van der Waals surface area contributed by atoms with E-state index < -0.39 is 40.9 Å². The van der Waals surface area contributed by atoms with E-state index in [1.54, 1.807) is 30.3 Å². The molecule has 1 aromatic heterocycles. The molecule has 1 aliphatic heterocycles. The van der Waals surface area contributed by atoms with E-state index in [1.165, 1.54) is 35.4 Å². The number of hydrogen-bond acceptors (Lipinski definition) is 5. The Labute approximate surface area is 229 Å². The molecule has 2 heterocycles. The van der Waals surface area contributed by atoms with Gasteiger partial charge in [-0.05, 0) is 71.8 Å². The number of halogens is 6. The summed E-state index contributed by atoms with van der Waals surface area (Å²) in [6.07, 6.45) is -5.72. The zero-order valence-corrected chi connectivity index (χ0v) is 20.9. The average Bonchev–Trinajstić information content (AvgIpc) is 2.93. The van der Waals surface area contributed by atoms with E-state index in [4.69, 9.17) is 16.2 Å². The molecule has 0 radical (unpaired) electrons. The maximum Gasteiger partial charge on any atom is 0.418 e. The van der Waals surface area contributed by atoms with Crippen molar-refractivity contribution in [3.63, 3.8) is 0 Å². The maximum atomic E-state index is 13.6. The van der Waals surface area contributed by atoms with E-state index in [9.17, 15) is 31.1 Å². The van der Waals surface area contributed by atoms with E-state index in [2.05, 4.69) is 4.98 Å². The highest BCUT2D eigenvalue weighted by atomic mass is 19.4. The summed E-state index contributed by atoms with van der Waals surface area (Å²) in [5.74, 6) is 0.150. The summed E-state index contributed by atoms with van der Waals surface area (Å²) in [5.41, 5.74) is 10.1. The van der Waals surface area contributed by atoms with Crippen LogP contribution in [0.4, 0.5) is 43.4 Å². The van der Waals surface area contributed by atoms with Gasteiger partial charge in [-0.3, -0.25) is 9.78 Å². The lowest BCUT2D eigenvalue weighted by molar-refractivity contribution is -0.137. The third-order valence-electron chi connectivity index (χ3n) is 6.51. The first-order valence-electron chi connectivity index (χ1n) is 12.0. The van der Waals surface area contributed by atoms with Crippen molar-refractivity contribution in [2.24, 2.45) is 0 Å². The smallest absolute Gasteiger partial charge is 0.418 e. The van der Waals surface area contributed by atoms with Crippen LogP contribution in [0.5, 0.6) is 11.5 Å². The predicted molar refractivity (Wildman–Crippen MR) is 141 cm³/mol. The molecular weight excluding hydrogens is 550 g/mol. The minimum atomic E-state index is -4.70. The van der Waals surface area contributed by atoms with Gasteiger partial charge in [-0.2, -0.15) is 26.3 Å². The van der Waals surface area contributed by atoms with Gasteiger partial charge in [0.25, 0.3) is 0 Å². The molecule has 1 aliphatic rings. The standard InChI is InChI=1S/C29H20F6N4O2/c30-28(31,32)21-12-17(5-9-23(21)36)26-14-20(27-25(39(26)15-40)2-1-11-38-27)16-3-6-18(7-4-16)41-19-8-10-24(37)22(13-19)29(33,34)35/h1-15,26H,36-37H2. The number of pyridine rings is 1. The van der Waals surface area contributed by atoms with Crippen LogP contribution in [0.1, 0.15) is 34.0 Å². The van der Waals surface area contributed by atoms with Gasteiger partial charge in [0, 0.05) is 23.1 Å². The Morgan fingerprint density at radius 1 is 0.805 bits per heavy atom. The maximum absolute atomic E-state index is 13.6. The minimum absolute atomic E-state index is 0.0753. The van der Waals surface area contributed by atoms with Gasteiger partial charge in [0.2, 0.25) is 6.41 Å². The average molecular weight is 570 g/mol. The molecule has 0 bridgehead atoms. The second-order valence-electron chi connectivity index (χ2n) is 9.13. The first kappa shape index (κ1) is 27.6. The molecule has 0 spiro atoms. The Kier molecular flexibility index (Phi) is 6.85. The Bertz CT molecular complexity index is 1650. The largest absolute Gasteiger partial charge is 0.457 e. The lowest BCUT2D eigenvalue weighted by Crippen LogP contribution is -2.30. The quantitative estimate of drug-likeness (QED) is 0.150. The molecule has 12 heteroatoms. The van der Waals surface area contributed by atoms with Crippen molar-refractivity contribution in [1.29, 1.82) is 0 Å². The number of nitrogens with zero attached hydrogens (tertiary/aromatic N) is 2. The Balaban J connectivity index is 1.53. The predicted octanol–water partition coefficient (Wildman–Crippen LogP) is 7.23. The molecule has 4 aromatic rings. The van der Waals surface area contributed by atoms with Gasteiger partial charge in [0.15, 0.2) is 0 Å². The zero-order valence-electron chi connectivity index (χ0n) is 20.9. The summed E-state index contributed by atoms with van der Waals surface area (Å²) >= 11 is 0. The van der Waals surface area contributed by atoms with E-state index >= 15 is 0 Å². The van der Waals surface area contributed by atoms with Crippen LogP contribution in [0, 0.1) is 0 Å². The first-order valence-corrected chi connectivity index (χ1v) is 12.0. The molecular formula is C29H20F6N4O2. The van der Waals surface area contributed by atoms with E-state index in [0.717, 1.165) is 24.3 Å². The van der Waals surface area contributed by atoms with Crippen LogP contribution < -0.4 is 21.1 Å². The number of rotatable bonds is 5. The number of amides is 1. The molecule has 1 amide bonds. The Morgan fingerprint density at radius 2 is 1.41 bits per heavy atom. The van der Waals surface area contributed by atoms with Gasteiger partial charge in [-0.15, -0.1) is 0 Å². The summed E-state index contributed by atoms with van der Waals surface area (Å²) in [5, 5.41) is 0. The Hall–Kier alpha value is -5.00. The molecule has 5 rings (SSSR count). The van der Waals surface area contributed by atoms with Crippen LogP contribution >= 0.6 is 0 Å². The number of hydrogen-bond donors (Lipinski definition) is 2. The number of carbonyl (C=O) groups is 1. The lowest BCUT2D eigenvalue weighted by atomic mass is 9.90. The number of alkyl halides is 6. The first-order chi connectivity index (χ1) is 19.4. The van der Waals surface area contributed by atoms with Gasteiger partial charge in [0.05, 0.1) is 28.6 Å². The fourth-order valence-corrected chi connectivity index (χ4v) is 4.58. The fourth-order valence-electron chi connectivity index (χ4n) is 4.58. The Morgan fingerprint density at radius 3 is 2.05 bits per heavy atom. The normalized spacial score (nSPS) is 15.2. The van der Waals surface area contributed by atoms with Crippen molar-refractivity contribution in [3.8, 4) is 11.5 Å². The highest BCUT2D eigenvalue weighted by Crippen LogP contribution is 2.43. The highest BCUT2D eigenvalue weighted by molar-refractivity contribution is 5.93. The lowest BCUT2D eigenvalue weighted by Gasteiger charge is -2.33. The van der Waals surface area contributed by atoms with Crippen LogP contribution in [0.3, 0.4) is 0 Å². The van der Waals surface area contributed by atoms with Crippen LogP contribution in [0.15, 0.2) is 85.1 Å². The monoisotopic (exact) mass is 570 g/mol. The number of anilines is 3. The molecule has 4 N–H and O–H groups in total. The topological polar surface area (TPSA) is 94.5 Å². The molecule has 0 saturated heterocycles. The van der Waals surface area contributed by atoms with Gasteiger partial charge < -0.3 is 21.1 Å². The summed E-state index contributed by atoms with van der Waals surface area (Å²) < 4.78 is 86.0. The minimum Gasteiger partial charge on any atom is -0.457 e. The molecule has 1 atom stereocenters. The molecule has 0 aliphatic carbocycles. The van der Waals surface area contributed by atoms with Crippen molar-refractivity contribution >= 4 is 29.0 Å². The SMILES string of the molecule is Nc1ccc(Oc2ccc(C3=CC(c4ccc(N)c(C(F)(F)F)c4)N(C=O)c4cccnc43)cc2)cc1C(F)(F)F. The van der Waals surface area contributed by atoms with E-state index in [1.807, 2.05) is 0 Å². The summed E-state index contributed by atoms with van der Waals surface area (Å²) in [6, 6.07) is 15.3. The number of carbonyl (C=O) groups excluding carboxylic acids is 1. The highest BCUT2D eigenvalue weighted by Gasteiger charge is 2.36. The van der Waals surface area contributed by atoms with Crippen LogP contribution in [0.2, 0.25) is 0 Å². The van der Waals surface area contributed by atoms with Crippen molar-refractivity contribution in [3.05, 3.63) is 113 Å². The van der Waals surface area contributed by atoms with E-state index in [-0.39, 0.29) is 17.1 Å². The van der Waals surface area contributed by atoms with E-state index in [0.29, 0.717) is 28.9 Å². The van der Waals surface area contributed by atoms with Crippen molar-refractivity contribution in [2.75, 3.05) is 16.4 Å². The third-order valence-corrected chi connectivity index (χ3v) is 6.51. The summed E-state index contributed by atoms with van der Waals surface area (Å²) in [6.45, 7) is 0. The molecule has 0 fully saturated rings. The second-order valence-corrected chi connectivity index (χ2v) is 9.13. The van der Waals surface area contributed by atoms with Gasteiger partial charge in [0.1, 0.15) is 11.5 Å². The van der Waals surface area contributed by atoms with Crippen LogP contribution in [-0.4, -0.2) is 11.4 Å². The summed E-state index contributed by atoms with van der Waals surface area (Å²) in [4.78, 5) is 17.8. The molecule has 210 valence electrons. The van der Waals surface area contributed by atoms with Crippen molar-refractivity contribution < 1.29 is 35.9 Å². The molecule has 3 aromatic carbocycles. The van der Waals surface area contributed by atoms with Gasteiger partial charge >= 0.3 is 12.4 Å². The zero-order chi connectivity index (χ0) is 29.5. The number of aromatic nitrogens is 1. The van der Waals surface area contributed by atoms with Gasteiger partial charge in [-0.25, -0.2) is 0 Å². The van der Waals surface area contributed by atoms with Crippen LogP contribution in [-0.2, 0) is 17.1 Å². The molecule has 6 nitrogen and oxygen atoms in total. The number of nitrogens with two attached hydrogens (primary N) is 2. The second kappa shape index (κ2) is 10.2. The molecule has 0 saturated carbocycles. The van der Waals surface area contributed by atoms with Gasteiger partial charge in [-0.1, -0.05) is 18.2 Å². The van der Waals surface area contributed by atoms with Crippen LogP contribution in [0.25, 0.3) is 5.57 Å². The number of fused-ring (bicyclic) bond motifs is 1. The van der Waals surface area contributed by atoms with Crippen molar-refractivity contribution in [1.82, 2.24) is 4.98 Å². The third kappa shape index (κ3) is 5.40. The number of ether oxygens (including phenoxy) is 1. The summed E-state index contributed by atoms with van der Waals surface area (Å²) in [7, 11) is 0. The van der Waals surface area contributed by atoms with Crippen molar-refractivity contribution in [2.45, 2.75) is 18.4 Å². The number of benzene rings is 3. The fraction of sp³-hybridized carbons (Fsp3) is 0.103.